The first-order chi connectivity index (χ1) is 11.6. The molecular formula is C17H20ClN3O3. The van der Waals surface area contributed by atoms with Crippen molar-refractivity contribution in [2.75, 3.05) is 6.54 Å². The van der Waals surface area contributed by atoms with Gasteiger partial charge in [0, 0.05) is 35.9 Å². The average molecular weight is 350 g/mol. The minimum Gasteiger partial charge on any atom is -0.387 e. The predicted octanol–water partition coefficient (Wildman–Crippen LogP) is 2.77. The van der Waals surface area contributed by atoms with E-state index in [1.807, 2.05) is 0 Å². The summed E-state index contributed by atoms with van der Waals surface area (Å²) in [5.74, 6) is 1.72. The molecule has 1 fully saturated rings. The van der Waals surface area contributed by atoms with Crippen LogP contribution in [0.15, 0.2) is 28.8 Å². The van der Waals surface area contributed by atoms with Gasteiger partial charge in [0.2, 0.25) is 11.8 Å². The van der Waals surface area contributed by atoms with Gasteiger partial charge in [-0.15, -0.1) is 0 Å². The standard InChI is InChI=1S/C17H20ClN3O3/c18-13-5-2-1-4-12(13)14(22)10-19-15(23)6-3-7-16-20-17(21-24-16)11-8-9-11/h1-2,4-5,11,14,22H,3,6-10H2,(H,19,23). The summed E-state index contributed by atoms with van der Waals surface area (Å²) in [5.41, 5.74) is 0.609. The number of hydrogen-bond donors (Lipinski definition) is 2. The van der Waals surface area contributed by atoms with Gasteiger partial charge in [0.1, 0.15) is 0 Å². The zero-order valence-electron chi connectivity index (χ0n) is 13.2. The zero-order chi connectivity index (χ0) is 16.9. The van der Waals surface area contributed by atoms with Crippen LogP contribution in [0.5, 0.6) is 0 Å². The van der Waals surface area contributed by atoms with Crippen molar-refractivity contribution in [1.82, 2.24) is 15.5 Å². The van der Waals surface area contributed by atoms with Crippen LogP contribution in [-0.4, -0.2) is 27.7 Å². The first-order valence-electron chi connectivity index (χ1n) is 8.15. The number of rotatable bonds is 8. The molecule has 0 bridgehead atoms. The maximum atomic E-state index is 11.9. The Balaban J connectivity index is 1.37. The van der Waals surface area contributed by atoms with E-state index in [1.54, 1.807) is 24.3 Å². The van der Waals surface area contributed by atoms with E-state index in [0.29, 0.717) is 41.7 Å². The number of halogens is 1. The summed E-state index contributed by atoms with van der Waals surface area (Å²) < 4.78 is 5.17. The second-order valence-corrected chi connectivity index (χ2v) is 6.42. The highest BCUT2D eigenvalue weighted by atomic mass is 35.5. The molecule has 1 saturated carbocycles. The molecule has 1 aromatic carbocycles. The lowest BCUT2D eigenvalue weighted by Crippen LogP contribution is -2.28. The van der Waals surface area contributed by atoms with Crippen LogP contribution in [0.2, 0.25) is 5.02 Å². The molecule has 1 heterocycles. The summed E-state index contributed by atoms with van der Waals surface area (Å²) in [5, 5.41) is 17.2. The molecule has 6 nitrogen and oxygen atoms in total. The molecule has 1 atom stereocenters. The summed E-state index contributed by atoms with van der Waals surface area (Å²) in [6, 6.07) is 7.05. The van der Waals surface area contributed by atoms with Gasteiger partial charge in [-0.2, -0.15) is 4.98 Å². The Morgan fingerprint density at radius 2 is 2.21 bits per heavy atom. The number of amides is 1. The predicted molar refractivity (Wildman–Crippen MR) is 88.6 cm³/mol. The van der Waals surface area contributed by atoms with E-state index in [0.717, 1.165) is 18.7 Å². The van der Waals surface area contributed by atoms with E-state index in [2.05, 4.69) is 15.5 Å². The van der Waals surface area contributed by atoms with Crippen molar-refractivity contribution in [3.05, 3.63) is 46.6 Å². The van der Waals surface area contributed by atoms with Gasteiger partial charge in [0.25, 0.3) is 0 Å². The number of aliphatic hydroxyl groups excluding tert-OH is 1. The normalized spacial score (nSPS) is 15.2. The lowest BCUT2D eigenvalue weighted by Gasteiger charge is -2.13. The van der Waals surface area contributed by atoms with Crippen LogP contribution in [0.3, 0.4) is 0 Å². The highest BCUT2D eigenvalue weighted by Crippen LogP contribution is 2.38. The third kappa shape index (κ3) is 4.55. The molecule has 0 saturated heterocycles. The van der Waals surface area contributed by atoms with Crippen LogP contribution in [0.1, 0.15) is 55.0 Å². The van der Waals surface area contributed by atoms with Gasteiger partial charge >= 0.3 is 0 Å². The number of carbonyl (C=O) groups excluding carboxylic acids is 1. The second kappa shape index (κ2) is 7.77. The molecule has 24 heavy (non-hydrogen) atoms. The fourth-order valence-corrected chi connectivity index (χ4v) is 2.69. The second-order valence-electron chi connectivity index (χ2n) is 6.02. The molecule has 1 aromatic heterocycles. The maximum absolute atomic E-state index is 11.9. The first-order valence-corrected chi connectivity index (χ1v) is 8.53. The number of aliphatic hydroxyl groups is 1. The third-order valence-corrected chi connectivity index (χ3v) is 4.32. The Morgan fingerprint density at radius 3 is 2.96 bits per heavy atom. The number of nitrogens with zero attached hydrogens (tertiary/aromatic N) is 2. The van der Waals surface area contributed by atoms with Crippen LogP contribution in [0.25, 0.3) is 0 Å². The Kier molecular flexibility index (Phi) is 5.48. The lowest BCUT2D eigenvalue weighted by molar-refractivity contribution is -0.121. The summed E-state index contributed by atoms with van der Waals surface area (Å²) in [7, 11) is 0. The van der Waals surface area contributed by atoms with Crippen molar-refractivity contribution in [3.63, 3.8) is 0 Å². The van der Waals surface area contributed by atoms with Gasteiger partial charge in [0.15, 0.2) is 5.82 Å². The molecule has 1 amide bonds. The molecule has 1 aliphatic carbocycles. The van der Waals surface area contributed by atoms with Gasteiger partial charge in [-0.05, 0) is 25.3 Å². The fraction of sp³-hybridized carbons (Fsp3) is 0.471. The zero-order valence-corrected chi connectivity index (χ0v) is 14.0. The van der Waals surface area contributed by atoms with E-state index in [4.69, 9.17) is 16.1 Å². The largest absolute Gasteiger partial charge is 0.387 e. The molecule has 3 rings (SSSR count). The van der Waals surface area contributed by atoms with Crippen LogP contribution in [0.4, 0.5) is 0 Å². The molecule has 128 valence electrons. The Bertz CT molecular complexity index is 700. The summed E-state index contributed by atoms with van der Waals surface area (Å²) in [6.07, 6.45) is 3.00. The fourth-order valence-electron chi connectivity index (χ4n) is 2.43. The van der Waals surface area contributed by atoms with Gasteiger partial charge in [-0.1, -0.05) is 35.0 Å². The molecule has 0 aliphatic heterocycles. The Labute approximate surface area is 145 Å². The van der Waals surface area contributed by atoms with Crippen LogP contribution < -0.4 is 5.32 Å². The van der Waals surface area contributed by atoms with E-state index >= 15 is 0 Å². The average Bonchev–Trinajstić information content (AvgIpc) is 3.32. The monoisotopic (exact) mass is 349 g/mol. The SMILES string of the molecule is O=C(CCCc1nc(C2CC2)no1)NCC(O)c1ccccc1Cl. The topological polar surface area (TPSA) is 88.2 Å². The smallest absolute Gasteiger partial charge is 0.226 e. The molecule has 0 radical (unpaired) electrons. The molecule has 2 aromatic rings. The van der Waals surface area contributed by atoms with Crippen molar-refractivity contribution in [3.8, 4) is 0 Å². The molecule has 7 heteroatoms. The number of nitrogens with one attached hydrogen (secondary N) is 1. The van der Waals surface area contributed by atoms with Crippen LogP contribution in [0, 0.1) is 0 Å². The van der Waals surface area contributed by atoms with Crippen molar-refractivity contribution < 1.29 is 14.4 Å². The Hall–Kier alpha value is -1.92. The summed E-state index contributed by atoms with van der Waals surface area (Å²) >= 11 is 6.02. The van der Waals surface area contributed by atoms with E-state index in [-0.39, 0.29) is 12.5 Å². The van der Waals surface area contributed by atoms with Crippen molar-refractivity contribution >= 4 is 17.5 Å². The molecule has 2 N–H and O–H groups in total. The minimum atomic E-state index is -0.820. The number of carbonyl (C=O) groups is 1. The molecule has 0 spiro atoms. The third-order valence-electron chi connectivity index (χ3n) is 3.98. The number of hydrogen-bond acceptors (Lipinski definition) is 5. The van der Waals surface area contributed by atoms with Gasteiger partial charge in [0.05, 0.1) is 6.10 Å². The van der Waals surface area contributed by atoms with E-state index in [1.165, 1.54) is 0 Å². The lowest BCUT2D eigenvalue weighted by atomic mass is 10.1. The highest BCUT2D eigenvalue weighted by Gasteiger charge is 2.28. The van der Waals surface area contributed by atoms with Gasteiger partial charge < -0.3 is 14.9 Å². The van der Waals surface area contributed by atoms with Crippen molar-refractivity contribution in [1.29, 1.82) is 0 Å². The van der Waals surface area contributed by atoms with E-state index in [9.17, 15) is 9.90 Å². The summed E-state index contributed by atoms with van der Waals surface area (Å²) in [4.78, 5) is 16.2. The van der Waals surface area contributed by atoms with Crippen molar-refractivity contribution in [2.45, 2.75) is 44.1 Å². The number of aromatic nitrogens is 2. The molecular weight excluding hydrogens is 330 g/mol. The summed E-state index contributed by atoms with van der Waals surface area (Å²) in [6.45, 7) is 0.134. The minimum absolute atomic E-state index is 0.122. The van der Waals surface area contributed by atoms with E-state index < -0.39 is 6.10 Å². The van der Waals surface area contributed by atoms with Gasteiger partial charge in [-0.3, -0.25) is 4.79 Å². The van der Waals surface area contributed by atoms with Crippen molar-refractivity contribution in [2.24, 2.45) is 0 Å². The maximum Gasteiger partial charge on any atom is 0.226 e. The first kappa shape index (κ1) is 16.9. The highest BCUT2D eigenvalue weighted by molar-refractivity contribution is 6.31. The van der Waals surface area contributed by atoms with Crippen LogP contribution >= 0.6 is 11.6 Å². The Morgan fingerprint density at radius 1 is 1.42 bits per heavy atom. The van der Waals surface area contributed by atoms with Crippen LogP contribution in [-0.2, 0) is 11.2 Å². The number of benzene rings is 1. The van der Waals surface area contributed by atoms with Gasteiger partial charge in [-0.25, -0.2) is 0 Å². The quantitative estimate of drug-likeness (QED) is 0.765. The molecule has 1 aliphatic rings. The molecule has 1 unspecified atom stereocenters. The number of aryl methyl sites for hydroxylation is 1.